The van der Waals surface area contributed by atoms with Gasteiger partial charge in [-0.2, -0.15) is 0 Å². The summed E-state index contributed by atoms with van der Waals surface area (Å²) < 4.78 is 52.4. The summed E-state index contributed by atoms with van der Waals surface area (Å²) in [4.78, 5) is 11.9. The summed E-state index contributed by atoms with van der Waals surface area (Å²) >= 11 is 0. The molecule has 3 rings (SSSR count). The second kappa shape index (κ2) is 8.39. The van der Waals surface area contributed by atoms with Crippen LogP contribution in [0.25, 0.3) is 11.1 Å². The summed E-state index contributed by atoms with van der Waals surface area (Å²) in [7, 11) is -1.86. The lowest BCUT2D eigenvalue weighted by Crippen LogP contribution is -2.32. The van der Waals surface area contributed by atoms with E-state index in [1.165, 1.54) is 30.3 Å². The average Bonchev–Trinajstić information content (AvgIpc) is 2.68. The lowest BCUT2D eigenvalue weighted by Gasteiger charge is -2.27. The van der Waals surface area contributed by atoms with Crippen LogP contribution in [-0.2, 0) is 14.6 Å². The van der Waals surface area contributed by atoms with Crippen molar-refractivity contribution in [3.63, 3.8) is 0 Å². The van der Waals surface area contributed by atoms with Crippen LogP contribution in [0.3, 0.4) is 0 Å². The third-order valence-corrected chi connectivity index (χ3v) is 7.28. The fraction of sp³-hybridized carbons (Fsp3) is 0.381. The van der Waals surface area contributed by atoms with Gasteiger partial charge in [0.2, 0.25) is 5.91 Å². The fourth-order valence-electron chi connectivity index (χ4n) is 3.77. The van der Waals surface area contributed by atoms with E-state index in [9.17, 15) is 22.0 Å². The first-order valence-corrected chi connectivity index (χ1v) is 10.9. The number of hydrogen-bond donors (Lipinski definition) is 1. The summed E-state index contributed by atoms with van der Waals surface area (Å²) in [6, 6.07) is 9.29. The van der Waals surface area contributed by atoms with Crippen LogP contribution in [-0.4, -0.2) is 27.1 Å². The van der Waals surface area contributed by atoms with Crippen molar-refractivity contribution in [3.05, 3.63) is 54.1 Å². The van der Waals surface area contributed by atoms with Gasteiger partial charge in [0.15, 0.2) is 9.84 Å². The molecule has 1 aliphatic carbocycles. The first kappa shape index (κ1) is 20.5. The molecule has 0 spiro atoms. The Morgan fingerprint density at radius 2 is 1.68 bits per heavy atom. The highest BCUT2D eigenvalue weighted by atomic mass is 32.2. The average molecular weight is 407 g/mol. The van der Waals surface area contributed by atoms with Gasteiger partial charge in [-0.1, -0.05) is 12.1 Å². The number of carbonyl (C=O) groups is 1. The topological polar surface area (TPSA) is 63.2 Å². The maximum atomic E-state index is 13.9. The molecule has 0 saturated heterocycles. The molecule has 0 unspecified atom stereocenters. The molecule has 2 aromatic carbocycles. The molecule has 0 aliphatic heterocycles. The molecule has 2 aromatic rings. The highest BCUT2D eigenvalue weighted by Crippen LogP contribution is 2.32. The predicted octanol–water partition coefficient (Wildman–Crippen LogP) is 3.96. The van der Waals surface area contributed by atoms with Gasteiger partial charge in [-0.25, -0.2) is 17.2 Å². The quantitative estimate of drug-likeness (QED) is 0.816. The van der Waals surface area contributed by atoms with Crippen LogP contribution in [0.4, 0.5) is 8.78 Å². The molecule has 0 atom stereocenters. The number of rotatable bonds is 5. The molecule has 1 aliphatic rings. The minimum atomic E-state index is -3.47. The molecule has 0 bridgehead atoms. The number of hydrogen-bond acceptors (Lipinski definition) is 3. The number of amides is 1. The van der Waals surface area contributed by atoms with Crippen LogP contribution in [0.15, 0.2) is 47.4 Å². The molecular weight excluding hydrogens is 384 g/mol. The van der Waals surface area contributed by atoms with Crippen molar-refractivity contribution in [3.8, 4) is 11.1 Å². The molecule has 1 fully saturated rings. The maximum absolute atomic E-state index is 13.9. The Hall–Kier alpha value is -2.28. The molecule has 1 amide bonds. The second-order valence-electron chi connectivity index (χ2n) is 7.26. The SMILES string of the molecule is CNC(=O)C1CCC(CS(=O)(=O)c2ccc(-c3ccc(F)cc3F)cc2)CC1. The highest BCUT2D eigenvalue weighted by molar-refractivity contribution is 7.91. The van der Waals surface area contributed by atoms with Gasteiger partial charge < -0.3 is 5.32 Å². The Labute approximate surface area is 163 Å². The van der Waals surface area contributed by atoms with Crippen molar-refractivity contribution in [2.45, 2.75) is 30.6 Å². The number of benzene rings is 2. The third kappa shape index (κ3) is 4.58. The van der Waals surface area contributed by atoms with E-state index in [2.05, 4.69) is 5.32 Å². The molecule has 1 N–H and O–H groups in total. The van der Waals surface area contributed by atoms with Crippen molar-refractivity contribution in [1.29, 1.82) is 0 Å². The van der Waals surface area contributed by atoms with Gasteiger partial charge in [0.25, 0.3) is 0 Å². The zero-order valence-electron chi connectivity index (χ0n) is 15.6. The minimum absolute atomic E-state index is 0.0184. The molecule has 7 heteroatoms. The zero-order valence-corrected chi connectivity index (χ0v) is 16.4. The van der Waals surface area contributed by atoms with Gasteiger partial charge in [-0.15, -0.1) is 0 Å². The van der Waals surface area contributed by atoms with Crippen LogP contribution < -0.4 is 5.32 Å². The molecule has 0 radical (unpaired) electrons. The minimum Gasteiger partial charge on any atom is -0.359 e. The van der Waals surface area contributed by atoms with Gasteiger partial charge in [-0.3, -0.25) is 4.79 Å². The van der Waals surface area contributed by atoms with Crippen LogP contribution in [0.2, 0.25) is 0 Å². The molecule has 0 heterocycles. The van der Waals surface area contributed by atoms with Crippen LogP contribution in [0.5, 0.6) is 0 Å². The number of nitrogens with one attached hydrogen (secondary N) is 1. The van der Waals surface area contributed by atoms with Crippen LogP contribution in [0.1, 0.15) is 25.7 Å². The van der Waals surface area contributed by atoms with Gasteiger partial charge in [0.1, 0.15) is 11.6 Å². The summed E-state index contributed by atoms with van der Waals surface area (Å²) in [5.41, 5.74) is 0.709. The van der Waals surface area contributed by atoms with Crippen molar-refractivity contribution in [1.82, 2.24) is 5.32 Å². The fourth-order valence-corrected chi connectivity index (χ4v) is 5.46. The second-order valence-corrected chi connectivity index (χ2v) is 9.30. The highest BCUT2D eigenvalue weighted by Gasteiger charge is 2.29. The summed E-state index contributed by atoms with van der Waals surface area (Å²) in [5.74, 6) is -1.30. The lowest BCUT2D eigenvalue weighted by molar-refractivity contribution is -0.125. The predicted molar refractivity (Wildman–Crippen MR) is 103 cm³/mol. The molecular formula is C21H23F2NO3S. The Balaban J connectivity index is 1.68. The Morgan fingerprint density at radius 1 is 1.04 bits per heavy atom. The van der Waals surface area contributed by atoms with Crippen molar-refractivity contribution in [2.75, 3.05) is 12.8 Å². The molecule has 150 valence electrons. The third-order valence-electron chi connectivity index (χ3n) is 5.37. The first-order chi connectivity index (χ1) is 13.3. The van der Waals surface area contributed by atoms with Crippen LogP contribution >= 0.6 is 0 Å². The Kier molecular flexibility index (Phi) is 6.13. The van der Waals surface area contributed by atoms with E-state index in [-0.39, 0.29) is 34.0 Å². The van der Waals surface area contributed by atoms with Crippen molar-refractivity contribution in [2.24, 2.45) is 11.8 Å². The molecule has 1 saturated carbocycles. The Bertz CT molecular complexity index is 950. The largest absolute Gasteiger partial charge is 0.359 e. The summed E-state index contributed by atoms with van der Waals surface area (Å²) in [5, 5.41) is 2.64. The van der Waals surface area contributed by atoms with E-state index in [0.717, 1.165) is 12.1 Å². The number of sulfone groups is 1. The van der Waals surface area contributed by atoms with E-state index in [1.807, 2.05) is 0 Å². The van der Waals surface area contributed by atoms with E-state index < -0.39 is 21.5 Å². The van der Waals surface area contributed by atoms with Gasteiger partial charge in [-0.05, 0) is 61.4 Å². The lowest BCUT2D eigenvalue weighted by atomic mass is 9.82. The maximum Gasteiger partial charge on any atom is 0.222 e. The van der Waals surface area contributed by atoms with Gasteiger partial charge >= 0.3 is 0 Å². The number of carbonyl (C=O) groups excluding carboxylic acids is 1. The summed E-state index contributed by atoms with van der Waals surface area (Å²) in [6.45, 7) is 0. The smallest absolute Gasteiger partial charge is 0.222 e. The summed E-state index contributed by atoms with van der Waals surface area (Å²) in [6.07, 6.45) is 2.80. The zero-order chi connectivity index (χ0) is 20.3. The normalized spacial score (nSPS) is 20.0. The van der Waals surface area contributed by atoms with E-state index in [0.29, 0.717) is 31.2 Å². The van der Waals surface area contributed by atoms with E-state index in [4.69, 9.17) is 0 Å². The standard InChI is InChI=1S/C21H23F2NO3S/c1-24-21(25)16-4-2-14(3-5-16)13-28(26,27)18-9-6-15(7-10-18)19-11-8-17(22)12-20(19)23/h6-12,14,16H,2-5,13H2,1H3,(H,24,25). The van der Waals surface area contributed by atoms with Crippen molar-refractivity contribution < 1.29 is 22.0 Å². The van der Waals surface area contributed by atoms with Crippen molar-refractivity contribution >= 4 is 15.7 Å². The molecule has 0 aromatic heterocycles. The van der Waals surface area contributed by atoms with Gasteiger partial charge in [0.05, 0.1) is 10.6 Å². The number of halogens is 2. The Morgan fingerprint density at radius 3 is 2.25 bits per heavy atom. The molecule has 4 nitrogen and oxygen atoms in total. The molecule has 28 heavy (non-hydrogen) atoms. The monoisotopic (exact) mass is 407 g/mol. The van der Waals surface area contributed by atoms with E-state index in [1.54, 1.807) is 7.05 Å². The van der Waals surface area contributed by atoms with Gasteiger partial charge in [0, 0.05) is 24.6 Å². The van der Waals surface area contributed by atoms with E-state index >= 15 is 0 Å². The van der Waals surface area contributed by atoms with Crippen LogP contribution in [0, 0.1) is 23.5 Å². The first-order valence-electron chi connectivity index (χ1n) is 9.30.